The Balaban J connectivity index is 1.66. The van der Waals surface area contributed by atoms with Crippen LogP contribution in [0.4, 0.5) is 4.79 Å². The first-order chi connectivity index (χ1) is 10.0. The minimum atomic E-state index is -0.836. The summed E-state index contributed by atoms with van der Waals surface area (Å²) in [6.45, 7) is 1.64. The van der Waals surface area contributed by atoms with E-state index in [4.69, 9.17) is 0 Å². The van der Waals surface area contributed by atoms with Crippen LogP contribution in [-0.4, -0.2) is 40.9 Å². The van der Waals surface area contributed by atoms with Gasteiger partial charge in [0.15, 0.2) is 0 Å². The molecule has 3 aliphatic rings. The average molecular weight is 293 g/mol. The minimum Gasteiger partial charge on any atom is -0.352 e. The second-order valence-corrected chi connectivity index (χ2v) is 6.70. The van der Waals surface area contributed by atoms with Crippen molar-refractivity contribution in [1.29, 1.82) is 0 Å². The van der Waals surface area contributed by atoms with Crippen molar-refractivity contribution in [3.63, 3.8) is 0 Å². The van der Waals surface area contributed by atoms with Crippen molar-refractivity contribution in [3.8, 4) is 0 Å². The number of rotatable bonds is 4. The maximum absolute atomic E-state index is 12.6. The molecule has 3 fully saturated rings. The van der Waals surface area contributed by atoms with E-state index in [1.54, 1.807) is 0 Å². The monoisotopic (exact) mass is 293 g/mol. The van der Waals surface area contributed by atoms with E-state index in [2.05, 4.69) is 10.6 Å². The number of nitrogens with zero attached hydrogens (tertiary/aromatic N) is 1. The summed E-state index contributed by atoms with van der Waals surface area (Å²) < 4.78 is 0. The normalized spacial score (nSPS) is 30.4. The Morgan fingerprint density at radius 2 is 1.90 bits per heavy atom. The van der Waals surface area contributed by atoms with Gasteiger partial charge in [0.25, 0.3) is 5.91 Å². The van der Waals surface area contributed by atoms with Crippen molar-refractivity contribution in [1.82, 2.24) is 15.5 Å². The van der Waals surface area contributed by atoms with Crippen LogP contribution < -0.4 is 10.6 Å². The van der Waals surface area contributed by atoms with E-state index in [-0.39, 0.29) is 30.3 Å². The minimum absolute atomic E-state index is 0.163. The third kappa shape index (κ3) is 2.76. The van der Waals surface area contributed by atoms with Crippen molar-refractivity contribution < 1.29 is 14.4 Å². The van der Waals surface area contributed by atoms with Crippen molar-refractivity contribution in [2.24, 2.45) is 5.92 Å². The first kappa shape index (κ1) is 14.4. The third-order valence-electron chi connectivity index (χ3n) is 4.97. The SMILES string of the molecule is CC1(C2CCCCC2)NC(=O)N(CC(=O)NC2CC2)C1=O. The number of amides is 4. The molecule has 1 unspecified atom stereocenters. The van der Waals surface area contributed by atoms with Crippen molar-refractivity contribution >= 4 is 17.8 Å². The maximum atomic E-state index is 12.6. The fourth-order valence-corrected chi connectivity index (χ4v) is 3.46. The van der Waals surface area contributed by atoms with E-state index in [0.717, 1.165) is 43.4 Å². The summed E-state index contributed by atoms with van der Waals surface area (Å²) in [4.78, 5) is 37.6. The van der Waals surface area contributed by atoms with Gasteiger partial charge in [-0.2, -0.15) is 0 Å². The average Bonchev–Trinajstić information content (AvgIpc) is 3.25. The molecule has 2 N–H and O–H groups in total. The van der Waals surface area contributed by atoms with Crippen molar-refractivity contribution in [3.05, 3.63) is 0 Å². The molecule has 1 saturated heterocycles. The third-order valence-corrected chi connectivity index (χ3v) is 4.97. The Morgan fingerprint density at radius 1 is 1.24 bits per heavy atom. The van der Waals surface area contributed by atoms with Crippen LogP contribution in [0.1, 0.15) is 51.9 Å². The predicted octanol–water partition coefficient (Wildman–Crippen LogP) is 1.16. The smallest absolute Gasteiger partial charge is 0.325 e. The lowest BCUT2D eigenvalue weighted by molar-refractivity contribution is -0.136. The Bertz CT molecular complexity index is 469. The molecule has 3 rings (SSSR count). The zero-order valence-corrected chi connectivity index (χ0v) is 12.5. The number of carbonyl (C=O) groups is 3. The first-order valence-corrected chi connectivity index (χ1v) is 7.94. The molecule has 0 radical (unpaired) electrons. The van der Waals surface area contributed by atoms with Crippen LogP contribution in [0.2, 0.25) is 0 Å². The summed E-state index contributed by atoms with van der Waals surface area (Å²) in [5, 5.41) is 5.65. The second-order valence-electron chi connectivity index (χ2n) is 6.70. The highest BCUT2D eigenvalue weighted by atomic mass is 16.2. The van der Waals surface area contributed by atoms with E-state index in [9.17, 15) is 14.4 Å². The van der Waals surface area contributed by atoms with Gasteiger partial charge in [0.1, 0.15) is 12.1 Å². The Labute approximate surface area is 124 Å². The molecule has 1 aliphatic heterocycles. The molecular weight excluding hydrogens is 270 g/mol. The van der Waals surface area contributed by atoms with Gasteiger partial charge in [0, 0.05) is 6.04 Å². The summed E-state index contributed by atoms with van der Waals surface area (Å²) in [5.41, 5.74) is -0.836. The van der Waals surface area contributed by atoms with Gasteiger partial charge >= 0.3 is 6.03 Å². The number of carbonyl (C=O) groups excluding carboxylic acids is 3. The summed E-state index contributed by atoms with van der Waals surface area (Å²) in [6.07, 6.45) is 7.31. The van der Waals surface area contributed by atoms with Crippen molar-refractivity contribution in [2.45, 2.75) is 63.5 Å². The summed E-state index contributed by atoms with van der Waals surface area (Å²) in [6, 6.07) is -0.193. The molecule has 1 atom stereocenters. The molecule has 2 aliphatic carbocycles. The Kier molecular flexibility index (Phi) is 3.63. The van der Waals surface area contributed by atoms with E-state index >= 15 is 0 Å². The van der Waals surface area contributed by atoms with Crippen LogP contribution >= 0.6 is 0 Å². The van der Waals surface area contributed by atoms with Gasteiger partial charge < -0.3 is 10.6 Å². The predicted molar refractivity (Wildman–Crippen MR) is 76.4 cm³/mol. The van der Waals surface area contributed by atoms with Crippen LogP contribution in [0.3, 0.4) is 0 Å². The molecule has 2 saturated carbocycles. The molecule has 116 valence electrons. The fourth-order valence-electron chi connectivity index (χ4n) is 3.46. The summed E-state index contributed by atoms with van der Waals surface area (Å²) >= 11 is 0. The Hall–Kier alpha value is -1.59. The van der Waals surface area contributed by atoms with Crippen LogP contribution in [0, 0.1) is 5.92 Å². The van der Waals surface area contributed by atoms with Gasteiger partial charge in [-0.05, 0) is 38.5 Å². The van der Waals surface area contributed by atoms with Gasteiger partial charge in [0.2, 0.25) is 5.91 Å². The van der Waals surface area contributed by atoms with E-state index in [1.165, 1.54) is 6.42 Å². The van der Waals surface area contributed by atoms with Crippen LogP contribution in [-0.2, 0) is 9.59 Å². The Morgan fingerprint density at radius 3 is 2.52 bits per heavy atom. The highest BCUT2D eigenvalue weighted by Crippen LogP contribution is 2.36. The lowest BCUT2D eigenvalue weighted by atomic mass is 9.75. The molecule has 1 heterocycles. The zero-order valence-electron chi connectivity index (χ0n) is 12.5. The highest BCUT2D eigenvalue weighted by molar-refractivity contribution is 6.09. The molecule has 0 bridgehead atoms. The summed E-state index contributed by atoms with van der Waals surface area (Å²) in [7, 11) is 0. The molecule has 4 amide bonds. The first-order valence-electron chi connectivity index (χ1n) is 7.94. The number of hydrogen-bond donors (Lipinski definition) is 2. The molecule has 6 nitrogen and oxygen atoms in total. The van der Waals surface area contributed by atoms with Gasteiger partial charge in [-0.25, -0.2) is 4.79 Å². The number of hydrogen-bond acceptors (Lipinski definition) is 3. The molecule has 6 heteroatoms. The molecule has 0 aromatic heterocycles. The molecule has 21 heavy (non-hydrogen) atoms. The molecule has 0 spiro atoms. The summed E-state index contributed by atoms with van der Waals surface area (Å²) in [5.74, 6) is -0.307. The number of urea groups is 1. The molecule has 0 aromatic rings. The second kappa shape index (κ2) is 5.31. The molecule has 0 aromatic carbocycles. The molecular formula is C15H23N3O3. The van der Waals surface area contributed by atoms with E-state index < -0.39 is 11.6 Å². The van der Waals surface area contributed by atoms with E-state index in [0.29, 0.717) is 0 Å². The lowest BCUT2D eigenvalue weighted by Crippen LogP contribution is -2.51. The highest BCUT2D eigenvalue weighted by Gasteiger charge is 2.52. The topological polar surface area (TPSA) is 78.5 Å². The van der Waals surface area contributed by atoms with Gasteiger partial charge in [-0.1, -0.05) is 19.3 Å². The standard InChI is InChI=1S/C15H23N3O3/c1-15(10-5-3-2-4-6-10)13(20)18(14(21)17-15)9-12(19)16-11-7-8-11/h10-11H,2-9H2,1H3,(H,16,19)(H,17,21). The quantitative estimate of drug-likeness (QED) is 0.763. The van der Waals surface area contributed by atoms with Gasteiger partial charge in [0.05, 0.1) is 0 Å². The maximum Gasteiger partial charge on any atom is 0.325 e. The zero-order chi connectivity index (χ0) is 15.0. The van der Waals surface area contributed by atoms with E-state index in [1.807, 2.05) is 6.92 Å². The van der Waals surface area contributed by atoms with Crippen LogP contribution in [0.5, 0.6) is 0 Å². The van der Waals surface area contributed by atoms with Crippen molar-refractivity contribution in [2.75, 3.05) is 6.54 Å². The largest absolute Gasteiger partial charge is 0.352 e. The fraction of sp³-hybridized carbons (Fsp3) is 0.800. The van der Waals surface area contributed by atoms with Crippen LogP contribution in [0.15, 0.2) is 0 Å². The van der Waals surface area contributed by atoms with Gasteiger partial charge in [-0.15, -0.1) is 0 Å². The lowest BCUT2D eigenvalue weighted by Gasteiger charge is -2.34. The number of imide groups is 1. The number of nitrogens with one attached hydrogen (secondary N) is 2. The van der Waals surface area contributed by atoms with Gasteiger partial charge in [-0.3, -0.25) is 14.5 Å². The van der Waals surface area contributed by atoms with Crippen LogP contribution in [0.25, 0.3) is 0 Å².